The lowest BCUT2D eigenvalue weighted by Gasteiger charge is -2.45. The SMILES string of the molecule is CCOC(=O)c1cn2c(cc1=O)-c1cc(OCc3ccccc3)c(OCCCOC)cc1CN2C(C)(C)CC. The minimum Gasteiger partial charge on any atom is -0.490 e. The molecule has 0 radical (unpaired) electrons. The van der Waals surface area contributed by atoms with Crippen LogP contribution >= 0.6 is 0 Å². The van der Waals surface area contributed by atoms with Gasteiger partial charge in [-0.1, -0.05) is 37.3 Å². The number of benzene rings is 2. The van der Waals surface area contributed by atoms with Gasteiger partial charge in [-0.3, -0.25) is 9.47 Å². The van der Waals surface area contributed by atoms with Gasteiger partial charge in [-0.25, -0.2) is 4.79 Å². The number of ether oxygens (including phenoxy) is 4. The third-order valence-corrected chi connectivity index (χ3v) is 7.10. The molecular formula is C31H38N2O6. The molecule has 0 spiro atoms. The van der Waals surface area contributed by atoms with E-state index in [0.29, 0.717) is 43.6 Å². The average molecular weight is 535 g/mol. The summed E-state index contributed by atoms with van der Waals surface area (Å²) in [7, 11) is 1.67. The number of methoxy groups -OCH3 is 1. The van der Waals surface area contributed by atoms with Crippen molar-refractivity contribution in [3.8, 4) is 22.8 Å². The molecule has 39 heavy (non-hydrogen) atoms. The fourth-order valence-corrected chi connectivity index (χ4v) is 4.53. The molecule has 2 heterocycles. The number of pyridine rings is 1. The van der Waals surface area contributed by atoms with Gasteiger partial charge in [0.25, 0.3) is 0 Å². The standard InChI is InChI=1S/C31H38N2O6/c1-6-31(3,4)33-19-23-16-28(38-15-11-14-36-5)29(39-21-22-12-9-8-10-13-22)17-24(23)26-18-27(34)25(20-32(26)33)30(35)37-7-2/h8-10,12-13,16-18,20H,6-7,11,14-15,19,21H2,1-5H3. The van der Waals surface area contributed by atoms with Gasteiger partial charge in [0.1, 0.15) is 12.2 Å². The Bertz CT molecular complexity index is 1350. The van der Waals surface area contributed by atoms with Gasteiger partial charge < -0.3 is 24.0 Å². The molecule has 208 valence electrons. The van der Waals surface area contributed by atoms with Crippen LogP contribution in [0.2, 0.25) is 0 Å². The van der Waals surface area contributed by atoms with E-state index in [-0.39, 0.29) is 23.1 Å². The molecule has 1 aromatic heterocycles. The maximum absolute atomic E-state index is 13.1. The van der Waals surface area contributed by atoms with Crippen molar-refractivity contribution in [2.75, 3.05) is 31.9 Å². The first-order chi connectivity index (χ1) is 18.8. The number of aromatic nitrogens is 1. The van der Waals surface area contributed by atoms with E-state index in [1.54, 1.807) is 20.2 Å². The molecule has 1 aliphatic rings. The second-order valence-corrected chi connectivity index (χ2v) is 10.2. The van der Waals surface area contributed by atoms with Crippen molar-refractivity contribution in [1.29, 1.82) is 0 Å². The Labute approximate surface area is 230 Å². The molecular weight excluding hydrogens is 496 g/mol. The first-order valence-corrected chi connectivity index (χ1v) is 13.5. The van der Waals surface area contributed by atoms with E-state index in [2.05, 4.69) is 25.8 Å². The van der Waals surface area contributed by atoms with Gasteiger partial charge in [-0.05, 0) is 50.5 Å². The normalized spacial score (nSPS) is 12.5. The van der Waals surface area contributed by atoms with E-state index in [1.807, 2.05) is 47.1 Å². The van der Waals surface area contributed by atoms with Crippen LogP contribution < -0.4 is 19.9 Å². The quantitative estimate of drug-likeness (QED) is 0.230. The second-order valence-electron chi connectivity index (χ2n) is 10.2. The van der Waals surface area contributed by atoms with Crippen LogP contribution in [0.1, 0.15) is 62.0 Å². The number of esters is 1. The lowest BCUT2D eigenvalue weighted by molar-refractivity contribution is 0.0523. The summed E-state index contributed by atoms with van der Waals surface area (Å²) in [5, 5.41) is 2.17. The Morgan fingerprint density at radius 1 is 1.00 bits per heavy atom. The molecule has 0 N–H and O–H groups in total. The molecule has 8 heteroatoms. The molecule has 0 atom stereocenters. The van der Waals surface area contributed by atoms with Crippen LogP contribution in [0.4, 0.5) is 0 Å². The molecule has 2 aromatic carbocycles. The molecule has 0 aliphatic carbocycles. The van der Waals surface area contributed by atoms with Crippen molar-refractivity contribution in [2.45, 2.75) is 59.2 Å². The van der Waals surface area contributed by atoms with Gasteiger partial charge in [-0.15, -0.1) is 0 Å². The topological polar surface area (TPSA) is 79.2 Å². The summed E-state index contributed by atoms with van der Waals surface area (Å²) in [5.74, 6) is 0.616. The fraction of sp³-hybridized carbons (Fsp3) is 0.419. The van der Waals surface area contributed by atoms with E-state index in [9.17, 15) is 9.59 Å². The zero-order chi connectivity index (χ0) is 28.0. The highest BCUT2D eigenvalue weighted by Crippen LogP contribution is 2.41. The first-order valence-electron chi connectivity index (χ1n) is 13.5. The lowest BCUT2D eigenvalue weighted by atomic mass is 9.95. The number of hydrogen-bond donors (Lipinski definition) is 0. The minimum absolute atomic E-state index is 0.0135. The number of nitrogens with zero attached hydrogens (tertiary/aromatic N) is 2. The van der Waals surface area contributed by atoms with E-state index in [1.165, 1.54) is 6.07 Å². The van der Waals surface area contributed by atoms with Gasteiger partial charge >= 0.3 is 5.97 Å². The smallest absolute Gasteiger partial charge is 0.343 e. The number of carbonyl (C=O) groups is 1. The highest BCUT2D eigenvalue weighted by molar-refractivity contribution is 5.89. The van der Waals surface area contributed by atoms with Crippen molar-refractivity contribution in [1.82, 2.24) is 4.68 Å². The van der Waals surface area contributed by atoms with E-state index in [0.717, 1.165) is 29.5 Å². The molecule has 0 bridgehead atoms. The molecule has 8 nitrogen and oxygen atoms in total. The van der Waals surface area contributed by atoms with Gasteiger partial charge in [-0.2, -0.15) is 0 Å². The number of carbonyl (C=O) groups excluding carboxylic acids is 1. The van der Waals surface area contributed by atoms with Gasteiger partial charge in [0.2, 0.25) is 0 Å². The Morgan fingerprint density at radius 2 is 1.74 bits per heavy atom. The summed E-state index contributed by atoms with van der Waals surface area (Å²) in [6, 6.07) is 15.4. The molecule has 0 unspecified atom stereocenters. The highest BCUT2D eigenvalue weighted by Gasteiger charge is 2.33. The van der Waals surface area contributed by atoms with Gasteiger partial charge in [0, 0.05) is 38.0 Å². The number of hydrogen-bond acceptors (Lipinski definition) is 7. The van der Waals surface area contributed by atoms with E-state index in [4.69, 9.17) is 18.9 Å². The largest absolute Gasteiger partial charge is 0.490 e. The summed E-state index contributed by atoms with van der Waals surface area (Å²) in [5.41, 5.74) is 2.95. The Balaban J connectivity index is 1.82. The third kappa shape index (κ3) is 6.28. The molecule has 4 rings (SSSR count). The summed E-state index contributed by atoms with van der Waals surface area (Å²) in [4.78, 5) is 25.7. The zero-order valence-electron chi connectivity index (χ0n) is 23.5. The first kappa shape index (κ1) is 28.2. The van der Waals surface area contributed by atoms with Crippen LogP contribution in [-0.2, 0) is 22.6 Å². The fourth-order valence-electron chi connectivity index (χ4n) is 4.53. The molecule has 0 fully saturated rings. The van der Waals surface area contributed by atoms with Crippen LogP contribution in [-0.4, -0.2) is 43.1 Å². The lowest BCUT2D eigenvalue weighted by Crippen LogP contribution is -2.52. The Hall–Kier alpha value is -3.78. The summed E-state index contributed by atoms with van der Waals surface area (Å²) < 4.78 is 24.7. The molecule has 1 aliphatic heterocycles. The van der Waals surface area contributed by atoms with Crippen LogP contribution in [0.5, 0.6) is 11.5 Å². The number of fused-ring (bicyclic) bond motifs is 3. The van der Waals surface area contributed by atoms with E-state index < -0.39 is 5.97 Å². The van der Waals surface area contributed by atoms with Crippen molar-refractivity contribution >= 4 is 5.97 Å². The zero-order valence-corrected chi connectivity index (χ0v) is 23.5. The molecule has 0 saturated heterocycles. The van der Waals surface area contributed by atoms with Crippen LogP contribution in [0, 0.1) is 0 Å². The van der Waals surface area contributed by atoms with Crippen LogP contribution in [0.15, 0.2) is 59.5 Å². The maximum Gasteiger partial charge on any atom is 0.343 e. The molecule has 0 amide bonds. The number of rotatable bonds is 12. The van der Waals surface area contributed by atoms with Crippen molar-refractivity contribution in [2.24, 2.45) is 0 Å². The second kappa shape index (κ2) is 12.4. The monoisotopic (exact) mass is 534 g/mol. The summed E-state index contributed by atoms with van der Waals surface area (Å²) >= 11 is 0. The highest BCUT2D eigenvalue weighted by atomic mass is 16.5. The maximum atomic E-state index is 13.1. The predicted molar refractivity (Wildman–Crippen MR) is 151 cm³/mol. The van der Waals surface area contributed by atoms with Crippen LogP contribution in [0.25, 0.3) is 11.3 Å². The molecule has 0 saturated carbocycles. The third-order valence-electron chi connectivity index (χ3n) is 7.10. The average Bonchev–Trinajstić information content (AvgIpc) is 2.94. The Kier molecular flexibility index (Phi) is 8.97. The Morgan fingerprint density at radius 3 is 2.44 bits per heavy atom. The summed E-state index contributed by atoms with van der Waals surface area (Å²) in [6.45, 7) is 10.3. The molecule has 3 aromatic rings. The summed E-state index contributed by atoms with van der Waals surface area (Å²) in [6.07, 6.45) is 3.20. The van der Waals surface area contributed by atoms with Gasteiger partial charge in [0.15, 0.2) is 16.9 Å². The van der Waals surface area contributed by atoms with Crippen molar-refractivity contribution < 1.29 is 23.7 Å². The minimum atomic E-state index is -0.621. The van der Waals surface area contributed by atoms with Crippen molar-refractivity contribution in [3.05, 3.63) is 81.6 Å². The van der Waals surface area contributed by atoms with Gasteiger partial charge in [0.05, 0.1) is 31.0 Å². The van der Waals surface area contributed by atoms with Crippen LogP contribution in [0.3, 0.4) is 0 Å². The van der Waals surface area contributed by atoms with E-state index >= 15 is 0 Å². The van der Waals surface area contributed by atoms with Crippen molar-refractivity contribution in [3.63, 3.8) is 0 Å². The predicted octanol–water partition coefficient (Wildman–Crippen LogP) is 5.33.